The van der Waals surface area contributed by atoms with E-state index in [9.17, 15) is 4.79 Å². The number of hydrogen-bond acceptors (Lipinski definition) is 2. The molecule has 21 heavy (non-hydrogen) atoms. The molecule has 0 spiro atoms. The quantitative estimate of drug-likeness (QED) is 0.814. The number of benzene rings is 1. The summed E-state index contributed by atoms with van der Waals surface area (Å²) in [6.07, 6.45) is 3.41. The van der Waals surface area contributed by atoms with Crippen molar-refractivity contribution in [3.05, 3.63) is 28.8 Å². The summed E-state index contributed by atoms with van der Waals surface area (Å²) in [5.41, 5.74) is 0.562. The van der Waals surface area contributed by atoms with Crippen LogP contribution in [0.15, 0.2) is 18.2 Å². The molecule has 3 nitrogen and oxygen atoms in total. The van der Waals surface area contributed by atoms with Crippen molar-refractivity contribution >= 4 is 17.5 Å². The van der Waals surface area contributed by atoms with Gasteiger partial charge >= 0.3 is 0 Å². The first-order chi connectivity index (χ1) is 10.2. The lowest BCUT2D eigenvalue weighted by Crippen LogP contribution is -2.39. The Kier molecular flexibility index (Phi) is 7.58. The summed E-state index contributed by atoms with van der Waals surface area (Å²) in [4.78, 5) is 14.5. The Morgan fingerprint density at radius 3 is 2.76 bits per heavy atom. The lowest BCUT2D eigenvalue weighted by atomic mass is 9.95. The molecule has 0 aromatic heterocycles. The Labute approximate surface area is 133 Å². The zero-order chi connectivity index (χ0) is 15.8. The van der Waals surface area contributed by atoms with Crippen LogP contribution in [0.2, 0.25) is 5.02 Å². The first kappa shape index (κ1) is 17.8. The summed E-state index contributed by atoms with van der Waals surface area (Å²) in [7, 11) is 1.57. The Bertz CT molecular complexity index is 462. The summed E-state index contributed by atoms with van der Waals surface area (Å²) >= 11 is 5.99. The molecule has 1 saturated heterocycles. The van der Waals surface area contributed by atoms with E-state index in [1.54, 1.807) is 25.3 Å². The minimum atomic E-state index is 0.0255. The van der Waals surface area contributed by atoms with Crippen molar-refractivity contribution in [3.8, 4) is 5.75 Å². The van der Waals surface area contributed by atoms with Crippen molar-refractivity contribution in [2.45, 2.75) is 40.0 Å². The average molecular weight is 312 g/mol. The van der Waals surface area contributed by atoms with E-state index in [1.165, 1.54) is 6.42 Å². The van der Waals surface area contributed by atoms with Gasteiger partial charge in [0.05, 0.1) is 12.7 Å². The Morgan fingerprint density at radius 2 is 2.14 bits per heavy atom. The highest BCUT2D eigenvalue weighted by Gasteiger charge is 2.25. The van der Waals surface area contributed by atoms with E-state index in [4.69, 9.17) is 16.3 Å². The molecular formula is C17H26ClNO2. The number of halogens is 1. The fourth-order valence-corrected chi connectivity index (χ4v) is 2.77. The van der Waals surface area contributed by atoms with Gasteiger partial charge in [-0.1, -0.05) is 38.8 Å². The van der Waals surface area contributed by atoms with E-state index >= 15 is 0 Å². The number of ether oxygens (including phenoxy) is 1. The van der Waals surface area contributed by atoms with Gasteiger partial charge in [-0.3, -0.25) is 4.79 Å². The Hall–Kier alpha value is -1.22. The van der Waals surface area contributed by atoms with Crippen molar-refractivity contribution in [1.29, 1.82) is 0 Å². The normalized spacial score (nSPS) is 17.8. The largest absolute Gasteiger partial charge is 0.496 e. The molecule has 1 atom stereocenters. The standard InChI is InChI=1S/C15H20ClNO2.C2H6/c1-3-11-5-4-8-17(10-11)15(18)13-9-12(16)6-7-14(13)19-2;1-2/h6-7,9,11H,3-5,8,10H2,1-2H3;1-2H3. The Morgan fingerprint density at radius 1 is 1.43 bits per heavy atom. The average Bonchev–Trinajstić information content (AvgIpc) is 2.56. The van der Waals surface area contributed by atoms with E-state index < -0.39 is 0 Å². The predicted octanol–water partition coefficient (Wildman–Crippen LogP) is 4.64. The third kappa shape index (κ3) is 4.63. The molecule has 2 rings (SSSR count). The zero-order valence-electron chi connectivity index (χ0n) is 13.5. The second-order valence-corrected chi connectivity index (χ2v) is 5.45. The van der Waals surface area contributed by atoms with Gasteiger partial charge in [-0.05, 0) is 37.0 Å². The third-order valence-corrected chi connectivity index (χ3v) is 4.01. The molecule has 1 fully saturated rings. The topological polar surface area (TPSA) is 29.5 Å². The molecule has 1 aliphatic rings. The molecule has 1 amide bonds. The first-order valence-electron chi connectivity index (χ1n) is 7.78. The smallest absolute Gasteiger partial charge is 0.257 e. The van der Waals surface area contributed by atoms with Gasteiger partial charge in [0.2, 0.25) is 0 Å². The molecular weight excluding hydrogens is 286 g/mol. The fourth-order valence-electron chi connectivity index (χ4n) is 2.60. The number of amides is 1. The fraction of sp³-hybridized carbons (Fsp3) is 0.588. The summed E-state index contributed by atoms with van der Waals surface area (Å²) in [6, 6.07) is 5.18. The van der Waals surface area contributed by atoms with Gasteiger partial charge < -0.3 is 9.64 Å². The summed E-state index contributed by atoms with van der Waals surface area (Å²) in [6.45, 7) is 7.84. The summed E-state index contributed by atoms with van der Waals surface area (Å²) in [5, 5.41) is 0.563. The second kappa shape index (κ2) is 8.93. The van der Waals surface area contributed by atoms with E-state index in [1.807, 2.05) is 18.7 Å². The lowest BCUT2D eigenvalue weighted by molar-refractivity contribution is 0.0668. The highest BCUT2D eigenvalue weighted by Crippen LogP contribution is 2.27. The molecule has 1 aromatic carbocycles. The minimum Gasteiger partial charge on any atom is -0.496 e. The van der Waals surface area contributed by atoms with Crippen molar-refractivity contribution in [1.82, 2.24) is 4.90 Å². The van der Waals surface area contributed by atoms with E-state index in [0.717, 1.165) is 25.9 Å². The van der Waals surface area contributed by atoms with Gasteiger partial charge in [0.1, 0.15) is 5.75 Å². The number of nitrogens with zero attached hydrogens (tertiary/aromatic N) is 1. The number of likely N-dealkylation sites (tertiary alicyclic amines) is 1. The summed E-state index contributed by atoms with van der Waals surface area (Å²) < 4.78 is 5.26. The molecule has 0 aliphatic carbocycles. The van der Waals surface area contributed by atoms with Crippen molar-refractivity contribution in [2.24, 2.45) is 5.92 Å². The Balaban J connectivity index is 0.00000106. The van der Waals surface area contributed by atoms with Crippen LogP contribution in [0.25, 0.3) is 0 Å². The van der Waals surface area contributed by atoms with Gasteiger partial charge in [0, 0.05) is 18.1 Å². The van der Waals surface area contributed by atoms with E-state index in [2.05, 4.69) is 6.92 Å². The molecule has 1 heterocycles. The predicted molar refractivity (Wildman–Crippen MR) is 88.3 cm³/mol. The molecule has 0 N–H and O–H groups in total. The molecule has 1 aromatic rings. The number of rotatable bonds is 3. The highest BCUT2D eigenvalue weighted by atomic mass is 35.5. The number of carbonyl (C=O) groups excluding carboxylic acids is 1. The number of carbonyl (C=O) groups is 1. The van der Waals surface area contributed by atoms with Crippen LogP contribution in [-0.2, 0) is 0 Å². The minimum absolute atomic E-state index is 0.0255. The number of methoxy groups -OCH3 is 1. The third-order valence-electron chi connectivity index (χ3n) is 3.78. The molecule has 1 unspecified atom stereocenters. The zero-order valence-corrected chi connectivity index (χ0v) is 14.2. The van der Waals surface area contributed by atoms with Gasteiger partial charge in [-0.25, -0.2) is 0 Å². The first-order valence-corrected chi connectivity index (χ1v) is 8.16. The molecule has 0 radical (unpaired) electrons. The maximum atomic E-state index is 12.6. The van der Waals surface area contributed by atoms with Crippen LogP contribution in [0.4, 0.5) is 0 Å². The SMILES string of the molecule is CC.CCC1CCCN(C(=O)c2cc(Cl)ccc2OC)C1. The molecule has 1 aliphatic heterocycles. The van der Waals surface area contributed by atoms with Gasteiger partial charge in [0.25, 0.3) is 5.91 Å². The number of piperidine rings is 1. The maximum Gasteiger partial charge on any atom is 0.257 e. The van der Waals surface area contributed by atoms with Gasteiger partial charge in [-0.15, -0.1) is 0 Å². The van der Waals surface area contributed by atoms with Crippen LogP contribution >= 0.6 is 11.6 Å². The molecule has 118 valence electrons. The van der Waals surface area contributed by atoms with Crippen molar-refractivity contribution < 1.29 is 9.53 Å². The molecule has 4 heteroatoms. The monoisotopic (exact) mass is 311 g/mol. The van der Waals surface area contributed by atoms with Crippen molar-refractivity contribution in [2.75, 3.05) is 20.2 Å². The van der Waals surface area contributed by atoms with Gasteiger partial charge in [0.15, 0.2) is 0 Å². The molecule has 0 saturated carbocycles. The van der Waals surface area contributed by atoms with Crippen LogP contribution in [0.5, 0.6) is 5.75 Å². The van der Waals surface area contributed by atoms with Crippen LogP contribution in [0.3, 0.4) is 0 Å². The van der Waals surface area contributed by atoms with Crippen LogP contribution < -0.4 is 4.74 Å². The maximum absolute atomic E-state index is 12.6. The van der Waals surface area contributed by atoms with E-state index in [0.29, 0.717) is 22.3 Å². The van der Waals surface area contributed by atoms with E-state index in [-0.39, 0.29) is 5.91 Å². The van der Waals surface area contributed by atoms with Crippen LogP contribution in [0, 0.1) is 5.92 Å². The second-order valence-electron chi connectivity index (χ2n) is 5.01. The van der Waals surface area contributed by atoms with Crippen molar-refractivity contribution in [3.63, 3.8) is 0 Å². The van der Waals surface area contributed by atoms with Crippen LogP contribution in [0.1, 0.15) is 50.4 Å². The molecule has 0 bridgehead atoms. The number of hydrogen-bond donors (Lipinski definition) is 0. The highest BCUT2D eigenvalue weighted by molar-refractivity contribution is 6.31. The van der Waals surface area contributed by atoms with Crippen LogP contribution in [-0.4, -0.2) is 31.0 Å². The lowest BCUT2D eigenvalue weighted by Gasteiger charge is -2.32. The van der Waals surface area contributed by atoms with Gasteiger partial charge in [-0.2, -0.15) is 0 Å². The summed E-state index contributed by atoms with van der Waals surface area (Å²) in [5.74, 6) is 1.23.